The molecule has 108 valence electrons. The highest BCUT2D eigenvalue weighted by molar-refractivity contribution is 6.30. The van der Waals surface area contributed by atoms with Gasteiger partial charge in [-0.05, 0) is 30.7 Å². The van der Waals surface area contributed by atoms with E-state index in [1.807, 2.05) is 6.92 Å². The van der Waals surface area contributed by atoms with Crippen molar-refractivity contribution in [1.82, 2.24) is 19.9 Å². The van der Waals surface area contributed by atoms with E-state index in [1.54, 1.807) is 29.2 Å². The van der Waals surface area contributed by atoms with Crippen LogP contribution in [-0.2, 0) is 0 Å². The van der Waals surface area contributed by atoms with Crippen molar-refractivity contribution in [3.63, 3.8) is 0 Å². The third-order valence-corrected chi connectivity index (χ3v) is 3.30. The molecule has 5 nitrogen and oxygen atoms in total. The van der Waals surface area contributed by atoms with Gasteiger partial charge in [-0.3, -0.25) is 4.68 Å². The van der Waals surface area contributed by atoms with Gasteiger partial charge >= 0.3 is 0 Å². The molecule has 0 bridgehead atoms. The first kappa shape index (κ1) is 13.8. The van der Waals surface area contributed by atoms with Crippen LogP contribution in [0.5, 0.6) is 0 Å². The predicted molar refractivity (Wildman–Crippen MR) is 75.4 cm³/mol. The topological polar surface area (TPSA) is 56.7 Å². The number of aromatic nitrogens is 4. The van der Waals surface area contributed by atoms with E-state index < -0.39 is 0 Å². The maximum Gasteiger partial charge on any atom is 0.251 e. The summed E-state index contributed by atoms with van der Waals surface area (Å²) in [5.74, 6) is 0.554. The van der Waals surface area contributed by atoms with Gasteiger partial charge < -0.3 is 4.52 Å². The molecule has 0 N–H and O–H groups in total. The van der Waals surface area contributed by atoms with Gasteiger partial charge in [-0.15, -0.1) is 0 Å². The summed E-state index contributed by atoms with van der Waals surface area (Å²) >= 11 is 5.88. The van der Waals surface area contributed by atoms with Crippen LogP contribution in [-0.4, -0.2) is 19.9 Å². The highest BCUT2D eigenvalue weighted by atomic mass is 35.5. The minimum Gasteiger partial charge on any atom is -0.337 e. The van der Waals surface area contributed by atoms with Crippen LogP contribution in [0.3, 0.4) is 0 Å². The third kappa shape index (κ3) is 2.80. The minimum atomic E-state index is -0.305. The molecule has 0 radical (unpaired) electrons. The lowest BCUT2D eigenvalue weighted by atomic mass is 10.2. The molecule has 2 aromatic heterocycles. The number of nitrogens with zero attached hydrogens (tertiary/aromatic N) is 4. The lowest BCUT2D eigenvalue weighted by Gasteiger charge is -2.09. The number of rotatable bonds is 4. The number of hydrogen-bond donors (Lipinski definition) is 0. The van der Waals surface area contributed by atoms with Crippen LogP contribution in [0.25, 0.3) is 11.4 Å². The molecule has 0 aliphatic carbocycles. The molecule has 3 rings (SSSR count). The molecule has 0 amide bonds. The molecule has 1 atom stereocenters. The summed E-state index contributed by atoms with van der Waals surface area (Å²) in [7, 11) is 0. The molecule has 0 saturated heterocycles. The molecular formula is C14H12ClFN4O. The molecule has 0 spiro atoms. The average Bonchev–Trinajstić information content (AvgIpc) is 3.11. The molecule has 7 heteroatoms. The second kappa shape index (κ2) is 5.65. The van der Waals surface area contributed by atoms with Crippen molar-refractivity contribution in [3.8, 4) is 11.4 Å². The number of halogens is 2. The fourth-order valence-electron chi connectivity index (χ4n) is 2.05. The Balaban J connectivity index is 1.91. The predicted octanol–water partition coefficient (Wildman–Crippen LogP) is 3.73. The van der Waals surface area contributed by atoms with Gasteiger partial charge in [-0.1, -0.05) is 23.7 Å². The summed E-state index contributed by atoms with van der Waals surface area (Å²) < 4.78 is 19.9. The maximum atomic E-state index is 12.9. The Morgan fingerprint density at radius 3 is 2.71 bits per heavy atom. The second-order valence-corrected chi connectivity index (χ2v) is 4.96. The Bertz CT molecular complexity index is 738. The zero-order valence-corrected chi connectivity index (χ0v) is 12.0. The first-order chi connectivity index (χ1) is 10.2. The Morgan fingerprint density at radius 2 is 2.10 bits per heavy atom. The Kier molecular flexibility index (Phi) is 3.70. The summed E-state index contributed by atoms with van der Waals surface area (Å²) in [6.45, 7) is 1.99. The zero-order chi connectivity index (χ0) is 14.8. The summed E-state index contributed by atoms with van der Waals surface area (Å²) in [5, 5.41) is 8.65. The molecule has 0 fully saturated rings. The summed E-state index contributed by atoms with van der Waals surface area (Å²) in [6.07, 6.45) is 3.99. The van der Waals surface area contributed by atoms with Gasteiger partial charge in [0.05, 0.1) is 11.2 Å². The van der Waals surface area contributed by atoms with Crippen LogP contribution < -0.4 is 0 Å². The third-order valence-electron chi connectivity index (χ3n) is 3.11. The van der Waals surface area contributed by atoms with E-state index in [2.05, 4.69) is 15.2 Å². The SMILES string of the molecule is CCC(c1nc(-c2ccc(F)cc2)no1)n1cc(Cl)cn1. The first-order valence-corrected chi connectivity index (χ1v) is 6.84. The minimum absolute atomic E-state index is 0.181. The fraction of sp³-hybridized carbons (Fsp3) is 0.214. The largest absolute Gasteiger partial charge is 0.337 e. The van der Waals surface area contributed by atoms with E-state index in [0.29, 0.717) is 22.3 Å². The Hall–Kier alpha value is -2.21. The van der Waals surface area contributed by atoms with Crippen LogP contribution in [0.2, 0.25) is 5.02 Å². The number of benzene rings is 1. The van der Waals surface area contributed by atoms with Gasteiger partial charge in [0, 0.05) is 11.8 Å². The van der Waals surface area contributed by atoms with E-state index in [9.17, 15) is 4.39 Å². The van der Waals surface area contributed by atoms with E-state index in [0.717, 1.165) is 6.42 Å². The van der Waals surface area contributed by atoms with E-state index >= 15 is 0 Å². The Morgan fingerprint density at radius 1 is 1.33 bits per heavy atom. The quantitative estimate of drug-likeness (QED) is 0.737. The molecule has 21 heavy (non-hydrogen) atoms. The van der Waals surface area contributed by atoms with Gasteiger partial charge in [0.2, 0.25) is 5.82 Å². The smallest absolute Gasteiger partial charge is 0.251 e. The average molecular weight is 307 g/mol. The van der Waals surface area contributed by atoms with E-state index in [1.165, 1.54) is 12.1 Å². The zero-order valence-electron chi connectivity index (χ0n) is 11.2. The van der Waals surface area contributed by atoms with Gasteiger partial charge in [0.25, 0.3) is 5.89 Å². The standard InChI is InChI=1S/C14H12ClFN4O/c1-2-12(20-8-10(15)7-17-20)14-18-13(19-21-14)9-3-5-11(16)6-4-9/h3-8,12H,2H2,1H3. The molecule has 0 saturated carbocycles. The van der Waals surface area contributed by atoms with Crippen LogP contribution >= 0.6 is 11.6 Å². The van der Waals surface area contributed by atoms with E-state index in [4.69, 9.17) is 16.1 Å². The summed E-state index contributed by atoms with van der Waals surface area (Å²) in [5.41, 5.74) is 0.694. The second-order valence-electron chi connectivity index (χ2n) is 4.53. The van der Waals surface area contributed by atoms with Gasteiger partial charge in [0.1, 0.15) is 11.9 Å². The van der Waals surface area contributed by atoms with E-state index in [-0.39, 0.29) is 11.9 Å². The number of hydrogen-bond acceptors (Lipinski definition) is 4. The molecule has 0 aliphatic heterocycles. The van der Waals surface area contributed by atoms with Gasteiger partial charge in [-0.25, -0.2) is 4.39 Å². The monoisotopic (exact) mass is 306 g/mol. The molecule has 2 heterocycles. The summed E-state index contributed by atoms with van der Waals surface area (Å²) in [4.78, 5) is 4.36. The normalized spacial score (nSPS) is 12.5. The van der Waals surface area contributed by atoms with Crippen molar-refractivity contribution in [3.05, 3.63) is 53.4 Å². The molecular weight excluding hydrogens is 295 g/mol. The van der Waals surface area contributed by atoms with Crippen molar-refractivity contribution in [2.24, 2.45) is 0 Å². The van der Waals surface area contributed by atoms with Crippen LogP contribution in [0.4, 0.5) is 4.39 Å². The van der Waals surface area contributed by atoms with Crippen molar-refractivity contribution in [2.45, 2.75) is 19.4 Å². The molecule has 1 aromatic carbocycles. The first-order valence-electron chi connectivity index (χ1n) is 6.46. The molecule has 1 unspecified atom stereocenters. The lowest BCUT2D eigenvalue weighted by Crippen LogP contribution is -2.10. The van der Waals surface area contributed by atoms with Crippen molar-refractivity contribution < 1.29 is 8.91 Å². The maximum absolute atomic E-state index is 12.9. The van der Waals surface area contributed by atoms with Crippen molar-refractivity contribution in [1.29, 1.82) is 0 Å². The fourth-order valence-corrected chi connectivity index (χ4v) is 2.19. The Labute approximate surface area is 125 Å². The van der Waals surface area contributed by atoms with Crippen LogP contribution in [0.1, 0.15) is 25.3 Å². The van der Waals surface area contributed by atoms with Gasteiger partial charge in [-0.2, -0.15) is 10.1 Å². The molecule has 0 aliphatic rings. The van der Waals surface area contributed by atoms with Crippen molar-refractivity contribution >= 4 is 11.6 Å². The van der Waals surface area contributed by atoms with Crippen LogP contribution in [0.15, 0.2) is 41.2 Å². The lowest BCUT2D eigenvalue weighted by molar-refractivity contribution is 0.321. The summed E-state index contributed by atoms with van der Waals surface area (Å²) in [6, 6.07) is 5.75. The highest BCUT2D eigenvalue weighted by Crippen LogP contribution is 2.24. The molecule has 3 aromatic rings. The van der Waals surface area contributed by atoms with Crippen molar-refractivity contribution in [2.75, 3.05) is 0 Å². The highest BCUT2D eigenvalue weighted by Gasteiger charge is 2.20. The van der Waals surface area contributed by atoms with Gasteiger partial charge in [0.15, 0.2) is 0 Å². The van der Waals surface area contributed by atoms with Crippen LogP contribution in [0, 0.1) is 5.82 Å².